The maximum absolute atomic E-state index is 11.4. The Bertz CT molecular complexity index is 325. The van der Waals surface area contributed by atoms with Crippen molar-refractivity contribution >= 4 is 11.8 Å². The third-order valence-corrected chi connectivity index (χ3v) is 4.43. The predicted molar refractivity (Wildman–Crippen MR) is 96.5 cm³/mol. The molecule has 0 amide bonds. The van der Waals surface area contributed by atoms with Crippen LogP contribution in [0.15, 0.2) is 0 Å². The van der Waals surface area contributed by atoms with Gasteiger partial charge in [0.25, 0.3) is 0 Å². The van der Waals surface area contributed by atoms with Crippen molar-refractivity contribution in [2.45, 2.75) is 117 Å². The van der Waals surface area contributed by atoms with Crippen LogP contribution in [0, 0.1) is 0 Å². The van der Waals surface area contributed by atoms with E-state index in [0.717, 1.165) is 44.9 Å². The quantitative estimate of drug-likeness (QED) is 0.274. The molecule has 23 heavy (non-hydrogen) atoms. The Morgan fingerprint density at radius 1 is 0.783 bits per heavy atom. The highest BCUT2D eigenvalue weighted by Gasteiger charge is 2.26. The number of Topliss-reactive ketones (excluding diaryl/α,β-unsaturated/α-hetero) is 1. The molecule has 0 spiro atoms. The number of ether oxygens (including phenoxy) is 1. The van der Waals surface area contributed by atoms with Crippen LogP contribution in [0.4, 0.5) is 0 Å². The summed E-state index contributed by atoms with van der Waals surface area (Å²) >= 11 is 0. The third-order valence-electron chi connectivity index (χ3n) is 4.43. The number of unbranched alkanes of at least 4 members (excludes halogenated alkanes) is 8. The molecule has 0 aliphatic carbocycles. The molecule has 1 atom stereocenters. The standard InChI is InChI=1S/C20H38O3/c1-5-6-7-10-13-16-20(4,23-19(3)22)17-14-11-8-9-12-15-18(2)21/h5-17H2,1-4H3. The summed E-state index contributed by atoms with van der Waals surface area (Å²) in [7, 11) is 0. The fourth-order valence-corrected chi connectivity index (χ4v) is 3.08. The minimum Gasteiger partial charge on any atom is -0.460 e. The average Bonchev–Trinajstić information content (AvgIpc) is 2.45. The molecule has 0 aliphatic rings. The largest absolute Gasteiger partial charge is 0.460 e. The summed E-state index contributed by atoms with van der Waals surface area (Å²) < 4.78 is 5.62. The SMILES string of the molecule is CCCCCCCC(C)(CCCCCCCC(C)=O)OC(C)=O. The van der Waals surface area contributed by atoms with Crippen LogP contribution >= 0.6 is 0 Å². The molecule has 0 saturated heterocycles. The molecule has 0 heterocycles. The van der Waals surface area contributed by atoms with E-state index in [1.54, 1.807) is 6.92 Å². The summed E-state index contributed by atoms with van der Waals surface area (Å²) in [5, 5.41) is 0. The van der Waals surface area contributed by atoms with Gasteiger partial charge in [0, 0.05) is 13.3 Å². The monoisotopic (exact) mass is 326 g/mol. The average molecular weight is 327 g/mol. The minimum atomic E-state index is -0.294. The lowest BCUT2D eigenvalue weighted by atomic mass is 9.91. The van der Waals surface area contributed by atoms with Gasteiger partial charge in [0.2, 0.25) is 0 Å². The molecule has 0 bridgehead atoms. The number of carbonyl (C=O) groups is 2. The number of hydrogen-bond donors (Lipinski definition) is 0. The van der Waals surface area contributed by atoms with Crippen molar-refractivity contribution in [2.75, 3.05) is 0 Å². The van der Waals surface area contributed by atoms with E-state index in [1.165, 1.54) is 39.0 Å². The van der Waals surface area contributed by atoms with Crippen LogP contribution < -0.4 is 0 Å². The normalized spacial score (nSPS) is 13.6. The Morgan fingerprint density at radius 2 is 1.26 bits per heavy atom. The van der Waals surface area contributed by atoms with Gasteiger partial charge < -0.3 is 9.53 Å². The fraction of sp³-hybridized carbons (Fsp3) is 0.900. The summed E-state index contributed by atoms with van der Waals surface area (Å²) in [6, 6.07) is 0. The number of rotatable bonds is 15. The number of ketones is 1. The summed E-state index contributed by atoms with van der Waals surface area (Å²) in [4.78, 5) is 22.3. The van der Waals surface area contributed by atoms with Crippen LogP contribution in [0.2, 0.25) is 0 Å². The van der Waals surface area contributed by atoms with Crippen LogP contribution in [0.3, 0.4) is 0 Å². The van der Waals surface area contributed by atoms with E-state index in [1.807, 2.05) is 0 Å². The van der Waals surface area contributed by atoms with Crippen molar-refractivity contribution in [3.05, 3.63) is 0 Å². The van der Waals surface area contributed by atoms with Gasteiger partial charge in [0.05, 0.1) is 0 Å². The Labute approximate surface area is 143 Å². The molecule has 0 aromatic carbocycles. The Balaban J connectivity index is 3.93. The maximum Gasteiger partial charge on any atom is 0.303 e. The summed E-state index contributed by atoms with van der Waals surface area (Å²) in [5.74, 6) is 0.123. The van der Waals surface area contributed by atoms with Crippen LogP contribution in [0.25, 0.3) is 0 Å². The molecule has 0 aliphatic heterocycles. The van der Waals surface area contributed by atoms with Crippen molar-refractivity contribution in [2.24, 2.45) is 0 Å². The first-order valence-corrected chi connectivity index (χ1v) is 9.58. The van der Waals surface area contributed by atoms with Gasteiger partial charge in [-0.05, 0) is 46.0 Å². The molecule has 0 fully saturated rings. The van der Waals surface area contributed by atoms with Crippen molar-refractivity contribution in [3.63, 3.8) is 0 Å². The summed E-state index contributed by atoms with van der Waals surface area (Å²) in [6.45, 7) is 7.48. The van der Waals surface area contributed by atoms with Crippen LogP contribution in [0.1, 0.15) is 111 Å². The highest BCUT2D eigenvalue weighted by atomic mass is 16.6. The lowest BCUT2D eigenvalue weighted by molar-refractivity contribution is -0.157. The van der Waals surface area contributed by atoms with Gasteiger partial charge in [-0.3, -0.25) is 4.79 Å². The molecule has 1 unspecified atom stereocenters. The lowest BCUT2D eigenvalue weighted by Gasteiger charge is -2.29. The Morgan fingerprint density at radius 3 is 1.74 bits per heavy atom. The molecular weight excluding hydrogens is 288 g/mol. The summed E-state index contributed by atoms with van der Waals surface area (Å²) in [5.41, 5.74) is -0.294. The van der Waals surface area contributed by atoms with Crippen molar-refractivity contribution in [3.8, 4) is 0 Å². The van der Waals surface area contributed by atoms with E-state index in [0.29, 0.717) is 6.42 Å². The van der Waals surface area contributed by atoms with Crippen molar-refractivity contribution < 1.29 is 14.3 Å². The Kier molecular flexibility index (Phi) is 13.1. The highest BCUT2D eigenvalue weighted by Crippen LogP contribution is 2.27. The molecular formula is C20H38O3. The van der Waals surface area contributed by atoms with E-state index in [4.69, 9.17) is 4.74 Å². The number of hydrogen-bond acceptors (Lipinski definition) is 3. The third kappa shape index (κ3) is 14.5. The molecule has 0 aromatic heterocycles. The molecule has 0 N–H and O–H groups in total. The maximum atomic E-state index is 11.4. The first-order chi connectivity index (χ1) is 10.9. The highest BCUT2D eigenvalue weighted by molar-refractivity contribution is 5.75. The lowest BCUT2D eigenvalue weighted by Crippen LogP contribution is -2.31. The van der Waals surface area contributed by atoms with Crippen LogP contribution in [-0.4, -0.2) is 17.4 Å². The molecule has 3 nitrogen and oxygen atoms in total. The van der Waals surface area contributed by atoms with Gasteiger partial charge >= 0.3 is 5.97 Å². The zero-order valence-electron chi connectivity index (χ0n) is 15.9. The number of esters is 1. The van der Waals surface area contributed by atoms with E-state index in [9.17, 15) is 9.59 Å². The minimum absolute atomic E-state index is 0.164. The molecule has 3 heteroatoms. The second kappa shape index (κ2) is 13.6. The zero-order valence-corrected chi connectivity index (χ0v) is 15.9. The molecule has 0 saturated carbocycles. The molecule has 0 radical (unpaired) electrons. The van der Waals surface area contributed by atoms with Crippen molar-refractivity contribution in [1.29, 1.82) is 0 Å². The topological polar surface area (TPSA) is 43.4 Å². The molecule has 136 valence electrons. The molecule has 0 aromatic rings. The van der Waals surface area contributed by atoms with E-state index < -0.39 is 0 Å². The second-order valence-corrected chi connectivity index (χ2v) is 7.18. The van der Waals surface area contributed by atoms with E-state index in [-0.39, 0.29) is 17.4 Å². The smallest absolute Gasteiger partial charge is 0.303 e. The predicted octanol–water partition coefficient (Wildman–Crippen LogP) is 5.99. The van der Waals surface area contributed by atoms with Gasteiger partial charge in [-0.2, -0.15) is 0 Å². The summed E-state index contributed by atoms with van der Waals surface area (Å²) in [6.07, 6.45) is 14.4. The van der Waals surface area contributed by atoms with Gasteiger partial charge in [0.1, 0.15) is 11.4 Å². The van der Waals surface area contributed by atoms with Gasteiger partial charge in [0.15, 0.2) is 0 Å². The van der Waals surface area contributed by atoms with Gasteiger partial charge in [-0.1, -0.05) is 51.9 Å². The zero-order chi connectivity index (χ0) is 17.6. The van der Waals surface area contributed by atoms with Gasteiger partial charge in [-0.15, -0.1) is 0 Å². The second-order valence-electron chi connectivity index (χ2n) is 7.18. The van der Waals surface area contributed by atoms with Crippen LogP contribution in [-0.2, 0) is 14.3 Å². The number of carbonyl (C=O) groups excluding carboxylic acids is 2. The van der Waals surface area contributed by atoms with E-state index in [2.05, 4.69) is 13.8 Å². The Hall–Kier alpha value is -0.860. The first kappa shape index (κ1) is 22.1. The fourth-order valence-electron chi connectivity index (χ4n) is 3.08. The first-order valence-electron chi connectivity index (χ1n) is 9.58. The van der Waals surface area contributed by atoms with Crippen molar-refractivity contribution in [1.82, 2.24) is 0 Å². The van der Waals surface area contributed by atoms with Gasteiger partial charge in [-0.25, -0.2) is 0 Å². The van der Waals surface area contributed by atoms with Crippen LogP contribution in [0.5, 0.6) is 0 Å². The van der Waals surface area contributed by atoms with E-state index >= 15 is 0 Å². The molecule has 0 rings (SSSR count).